The van der Waals surface area contributed by atoms with Crippen LogP contribution in [0.3, 0.4) is 0 Å². The molecule has 3 rings (SSSR count). The van der Waals surface area contributed by atoms with Gasteiger partial charge in [0.15, 0.2) is 11.6 Å². The topological polar surface area (TPSA) is 54.0 Å². The zero-order chi connectivity index (χ0) is 16.9. The average Bonchev–Trinajstić information content (AvgIpc) is 3.06. The monoisotopic (exact) mass is 337 g/mol. The highest BCUT2D eigenvalue weighted by Crippen LogP contribution is 2.23. The van der Waals surface area contributed by atoms with Crippen molar-refractivity contribution in [3.63, 3.8) is 0 Å². The third-order valence-electron chi connectivity index (χ3n) is 4.60. The summed E-state index contributed by atoms with van der Waals surface area (Å²) in [6.45, 7) is 6.04. The van der Waals surface area contributed by atoms with Crippen molar-refractivity contribution in [2.45, 2.75) is 6.42 Å². The number of likely N-dealkylation sites (tertiary alicyclic amines) is 1. The lowest BCUT2D eigenvalue weighted by molar-refractivity contribution is 0.0314. The van der Waals surface area contributed by atoms with E-state index in [0.29, 0.717) is 11.6 Å². The van der Waals surface area contributed by atoms with Crippen molar-refractivity contribution < 1.29 is 18.7 Å². The van der Waals surface area contributed by atoms with Crippen LogP contribution in [0.15, 0.2) is 18.2 Å². The number of rotatable bonds is 4. The van der Waals surface area contributed by atoms with Crippen molar-refractivity contribution in [1.82, 2.24) is 9.80 Å². The minimum atomic E-state index is -0.442. The molecular weight excluding hydrogens is 313 g/mol. The molecule has 0 spiro atoms. The second-order valence-corrected chi connectivity index (χ2v) is 6.29. The van der Waals surface area contributed by atoms with E-state index < -0.39 is 5.82 Å². The number of halogens is 1. The Hall–Kier alpha value is -1.86. The van der Waals surface area contributed by atoms with Crippen LogP contribution in [0.1, 0.15) is 6.42 Å². The Balaban J connectivity index is 1.51. The molecule has 0 aromatic heterocycles. The molecule has 1 aromatic carbocycles. The Kier molecular flexibility index (Phi) is 5.52. The zero-order valence-electron chi connectivity index (χ0n) is 14.0. The maximum Gasteiger partial charge on any atom is 0.321 e. The van der Waals surface area contributed by atoms with Crippen molar-refractivity contribution in [3.8, 4) is 5.75 Å². The van der Waals surface area contributed by atoms with Crippen molar-refractivity contribution >= 4 is 11.7 Å². The predicted octanol–water partition coefficient (Wildman–Crippen LogP) is 2.02. The SMILES string of the molecule is COc1cc(NC(=O)N2CC[C@@H](CN3CCOCC3)C2)ccc1F. The van der Waals surface area contributed by atoms with E-state index in [9.17, 15) is 9.18 Å². The van der Waals surface area contributed by atoms with Gasteiger partial charge in [-0.2, -0.15) is 0 Å². The fraction of sp³-hybridized carbons (Fsp3) is 0.588. The molecule has 2 fully saturated rings. The number of nitrogens with one attached hydrogen (secondary N) is 1. The Morgan fingerprint density at radius 1 is 1.38 bits per heavy atom. The van der Waals surface area contributed by atoms with E-state index in [2.05, 4.69) is 10.2 Å². The third kappa shape index (κ3) is 4.15. The van der Waals surface area contributed by atoms with Crippen LogP contribution >= 0.6 is 0 Å². The first kappa shape index (κ1) is 17.0. The number of anilines is 1. The van der Waals surface area contributed by atoms with Gasteiger partial charge in [0.2, 0.25) is 0 Å². The molecule has 2 aliphatic heterocycles. The molecule has 0 aliphatic carbocycles. The Morgan fingerprint density at radius 2 is 2.17 bits per heavy atom. The van der Waals surface area contributed by atoms with Gasteiger partial charge >= 0.3 is 6.03 Å². The summed E-state index contributed by atoms with van der Waals surface area (Å²) in [5, 5.41) is 2.82. The molecule has 132 valence electrons. The first-order valence-corrected chi connectivity index (χ1v) is 8.35. The fourth-order valence-corrected chi connectivity index (χ4v) is 3.26. The van der Waals surface area contributed by atoms with Gasteiger partial charge in [0.05, 0.1) is 20.3 Å². The number of morpholine rings is 1. The van der Waals surface area contributed by atoms with Crippen molar-refractivity contribution in [2.75, 3.05) is 58.4 Å². The van der Waals surface area contributed by atoms with Crippen LogP contribution in [-0.2, 0) is 4.74 Å². The molecule has 7 heteroatoms. The summed E-state index contributed by atoms with van der Waals surface area (Å²) in [6, 6.07) is 4.18. The van der Waals surface area contributed by atoms with Gasteiger partial charge in [-0.25, -0.2) is 9.18 Å². The summed E-state index contributed by atoms with van der Waals surface area (Å²) in [6.07, 6.45) is 1.01. The van der Waals surface area contributed by atoms with Crippen LogP contribution in [0.4, 0.5) is 14.9 Å². The number of nitrogens with zero attached hydrogens (tertiary/aromatic N) is 2. The molecule has 2 heterocycles. The lowest BCUT2D eigenvalue weighted by Crippen LogP contribution is -2.40. The third-order valence-corrected chi connectivity index (χ3v) is 4.60. The van der Waals surface area contributed by atoms with Crippen LogP contribution in [0, 0.1) is 11.7 Å². The molecule has 6 nitrogen and oxygen atoms in total. The van der Waals surface area contributed by atoms with Crippen molar-refractivity contribution in [1.29, 1.82) is 0 Å². The lowest BCUT2D eigenvalue weighted by atomic mass is 10.1. The molecule has 0 unspecified atom stereocenters. The number of hydrogen-bond acceptors (Lipinski definition) is 4. The Morgan fingerprint density at radius 3 is 2.92 bits per heavy atom. The highest BCUT2D eigenvalue weighted by Gasteiger charge is 2.28. The van der Waals surface area contributed by atoms with E-state index >= 15 is 0 Å². The second kappa shape index (κ2) is 7.81. The summed E-state index contributed by atoms with van der Waals surface area (Å²) < 4.78 is 23.7. The molecule has 0 radical (unpaired) electrons. The number of methoxy groups -OCH3 is 1. The normalized spacial score (nSPS) is 21.8. The van der Waals surface area contributed by atoms with Gasteiger partial charge in [0.25, 0.3) is 0 Å². The van der Waals surface area contributed by atoms with E-state index in [1.807, 2.05) is 4.90 Å². The molecule has 0 saturated carbocycles. The Bertz CT molecular complexity index is 578. The minimum absolute atomic E-state index is 0.124. The number of amides is 2. The van der Waals surface area contributed by atoms with Crippen LogP contribution in [-0.4, -0.2) is 68.9 Å². The quantitative estimate of drug-likeness (QED) is 0.913. The average molecular weight is 337 g/mol. The van der Waals surface area contributed by atoms with Crippen LogP contribution in [0.5, 0.6) is 5.75 Å². The second-order valence-electron chi connectivity index (χ2n) is 6.29. The molecule has 2 amide bonds. The van der Waals surface area contributed by atoms with Crippen molar-refractivity contribution in [3.05, 3.63) is 24.0 Å². The maximum atomic E-state index is 13.4. The molecule has 24 heavy (non-hydrogen) atoms. The molecule has 0 bridgehead atoms. The van der Waals surface area contributed by atoms with Gasteiger partial charge in [0, 0.05) is 44.5 Å². The van der Waals surface area contributed by atoms with Crippen molar-refractivity contribution in [2.24, 2.45) is 5.92 Å². The minimum Gasteiger partial charge on any atom is -0.494 e. The number of carbonyl (C=O) groups excluding carboxylic acids is 1. The maximum absolute atomic E-state index is 13.4. The molecule has 1 atom stereocenters. The first-order valence-electron chi connectivity index (χ1n) is 8.35. The van der Waals surface area contributed by atoms with E-state index in [4.69, 9.17) is 9.47 Å². The van der Waals surface area contributed by atoms with Crippen LogP contribution < -0.4 is 10.1 Å². The van der Waals surface area contributed by atoms with E-state index in [1.54, 1.807) is 0 Å². The van der Waals surface area contributed by atoms with E-state index in [0.717, 1.165) is 52.4 Å². The summed E-state index contributed by atoms with van der Waals surface area (Å²) >= 11 is 0. The first-order chi connectivity index (χ1) is 11.7. The van der Waals surface area contributed by atoms with Gasteiger partial charge in [-0.05, 0) is 24.5 Å². The number of benzene rings is 1. The summed E-state index contributed by atoms with van der Waals surface area (Å²) in [5.41, 5.74) is 0.537. The fourth-order valence-electron chi connectivity index (χ4n) is 3.26. The number of urea groups is 1. The van der Waals surface area contributed by atoms with Gasteiger partial charge in [-0.15, -0.1) is 0 Å². The molecule has 1 N–H and O–H groups in total. The van der Waals surface area contributed by atoms with Gasteiger partial charge in [0.1, 0.15) is 0 Å². The zero-order valence-corrected chi connectivity index (χ0v) is 14.0. The lowest BCUT2D eigenvalue weighted by Gasteiger charge is -2.29. The largest absolute Gasteiger partial charge is 0.494 e. The van der Waals surface area contributed by atoms with E-state index in [-0.39, 0.29) is 11.8 Å². The highest BCUT2D eigenvalue weighted by atomic mass is 19.1. The molecule has 2 aliphatic rings. The van der Waals surface area contributed by atoms with Crippen LogP contribution in [0.2, 0.25) is 0 Å². The van der Waals surface area contributed by atoms with E-state index in [1.165, 1.54) is 25.3 Å². The number of ether oxygens (including phenoxy) is 2. The highest BCUT2D eigenvalue weighted by molar-refractivity contribution is 5.89. The van der Waals surface area contributed by atoms with Gasteiger partial charge in [-0.1, -0.05) is 0 Å². The number of carbonyl (C=O) groups is 1. The summed E-state index contributed by atoms with van der Waals surface area (Å²) in [4.78, 5) is 16.6. The Labute approximate surface area is 141 Å². The molecular formula is C17H24FN3O3. The van der Waals surface area contributed by atoms with Gasteiger partial charge < -0.3 is 19.7 Å². The number of hydrogen-bond donors (Lipinski definition) is 1. The molecule has 1 aromatic rings. The molecule has 2 saturated heterocycles. The van der Waals surface area contributed by atoms with Gasteiger partial charge in [-0.3, -0.25) is 4.90 Å². The summed E-state index contributed by atoms with van der Waals surface area (Å²) in [7, 11) is 1.40. The van der Waals surface area contributed by atoms with Crippen LogP contribution in [0.25, 0.3) is 0 Å². The standard InChI is InChI=1S/C17H24FN3O3/c1-23-16-10-14(2-3-15(16)18)19-17(22)21-5-4-13(12-21)11-20-6-8-24-9-7-20/h2-3,10,13H,4-9,11-12H2,1H3,(H,19,22)/t13-/m0/s1. The summed E-state index contributed by atoms with van der Waals surface area (Å²) in [5.74, 6) is 0.179. The predicted molar refractivity (Wildman–Crippen MR) is 88.9 cm³/mol. The smallest absolute Gasteiger partial charge is 0.321 e.